The van der Waals surface area contributed by atoms with Crippen molar-refractivity contribution in [1.82, 2.24) is 14.9 Å². The van der Waals surface area contributed by atoms with Crippen molar-refractivity contribution < 1.29 is 31.8 Å². The zero-order valence-electron chi connectivity index (χ0n) is 18.3. The van der Waals surface area contributed by atoms with E-state index in [4.69, 9.17) is 21.1 Å². The molecule has 1 saturated carbocycles. The van der Waals surface area contributed by atoms with Gasteiger partial charge in [-0.05, 0) is 30.7 Å². The zero-order valence-corrected chi connectivity index (χ0v) is 19.0. The van der Waals surface area contributed by atoms with Crippen LogP contribution < -0.4 is 14.8 Å². The summed E-state index contributed by atoms with van der Waals surface area (Å²) >= 11 is 5.87. The Morgan fingerprint density at radius 3 is 2.54 bits per heavy atom. The second-order valence-electron chi connectivity index (χ2n) is 8.54. The Hall–Kier alpha value is -3.34. The minimum absolute atomic E-state index is 0.0172. The Kier molecular flexibility index (Phi) is 5.82. The van der Waals surface area contributed by atoms with Crippen LogP contribution in [0.3, 0.4) is 0 Å². The van der Waals surface area contributed by atoms with Crippen molar-refractivity contribution in [2.75, 3.05) is 25.5 Å². The maximum absolute atomic E-state index is 13.5. The maximum atomic E-state index is 13.5. The molecule has 1 aliphatic carbocycles. The molecule has 35 heavy (non-hydrogen) atoms. The van der Waals surface area contributed by atoms with Crippen molar-refractivity contribution in [2.24, 2.45) is 11.8 Å². The van der Waals surface area contributed by atoms with E-state index in [0.717, 1.165) is 4.90 Å². The number of fused-ring (bicyclic) bond motifs is 3. The number of piperidine rings is 2. The van der Waals surface area contributed by atoms with Crippen molar-refractivity contribution in [3.05, 3.63) is 47.5 Å². The summed E-state index contributed by atoms with van der Waals surface area (Å²) in [5.74, 6) is -1.60. The largest absolute Gasteiger partial charge is 0.493 e. The first-order valence-electron chi connectivity index (χ1n) is 10.7. The lowest BCUT2D eigenvalue weighted by molar-refractivity contribution is -0.196. The molecule has 1 N–H and O–H groups in total. The van der Waals surface area contributed by atoms with Crippen LogP contribution in [0.2, 0.25) is 5.02 Å². The summed E-state index contributed by atoms with van der Waals surface area (Å²) in [6.07, 6.45) is -3.20. The van der Waals surface area contributed by atoms with E-state index in [0.29, 0.717) is 40.3 Å². The van der Waals surface area contributed by atoms with Gasteiger partial charge in [-0.3, -0.25) is 4.79 Å². The summed E-state index contributed by atoms with van der Waals surface area (Å²) in [7, 11) is 1.47. The molecular formula is C23H19ClF4N4O3. The number of likely N-dealkylation sites (tertiary alicyclic amines) is 1. The van der Waals surface area contributed by atoms with Gasteiger partial charge in [0.2, 0.25) is 0 Å². The standard InChI is InChI=1S/C23H19ClF4N4O3/c1-34-18-7-17-14(21(30-10-29-17)31-13-2-3-16(25)15(24)5-13)6-19(18)35-20-11-4-12(20)9-32(8-11)22(33)23(26,27)28/h2-3,5-7,10-12,20H,4,8-9H2,1H3,(H,29,30,31)/t11-,12+,20?. The molecule has 184 valence electrons. The monoisotopic (exact) mass is 510 g/mol. The molecule has 3 aromatic rings. The first kappa shape index (κ1) is 23.4. The Balaban J connectivity index is 1.40. The molecular weight excluding hydrogens is 492 g/mol. The van der Waals surface area contributed by atoms with Crippen molar-refractivity contribution in [3.63, 3.8) is 0 Å². The summed E-state index contributed by atoms with van der Waals surface area (Å²) in [6, 6.07) is 7.53. The van der Waals surface area contributed by atoms with Gasteiger partial charge in [-0.25, -0.2) is 14.4 Å². The average Bonchev–Trinajstić information content (AvgIpc) is 2.83. The topological polar surface area (TPSA) is 76.6 Å². The fourth-order valence-electron chi connectivity index (χ4n) is 4.65. The number of carbonyl (C=O) groups excluding carboxylic acids is 1. The van der Waals surface area contributed by atoms with Crippen LogP contribution in [0.1, 0.15) is 6.42 Å². The Morgan fingerprint density at radius 1 is 1.14 bits per heavy atom. The molecule has 0 spiro atoms. The van der Waals surface area contributed by atoms with Crippen LogP contribution in [0.15, 0.2) is 36.7 Å². The molecule has 2 bridgehead atoms. The highest BCUT2D eigenvalue weighted by Gasteiger charge is 2.53. The minimum atomic E-state index is -4.89. The van der Waals surface area contributed by atoms with Crippen LogP contribution in [0.25, 0.3) is 10.9 Å². The zero-order chi connectivity index (χ0) is 24.9. The number of methoxy groups -OCH3 is 1. The lowest BCUT2D eigenvalue weighted by atomic mass is 9.68. The number of ether oxygens (including phenoxy) is 2. The number of hydrogen-bond donors (Lipinski definition) is 1. The highest BCUT2D eigenvalue weighted by atomic mass is 35.5. The second-order valence-corrected chi connectivity index (χ2v) is 8.95. The minimum Gasteiger partial charge on any atom is -0.493 e. The number of amides is 1. The van der Waals surface area contributed by atoms with Gasteiger partial charge in [0.25, 0.3) is 0 Å². The van der Waals surface area contributed by atoms with E-state index in [1.54, 1.807) is 12.1 Å². The van der Waals surface area contributed by atoms with Gasteiger partial charge in [-0.2, -0.15) is 13.2 Å². The maximum Gasteiger partial charge on any atom is 0.471 e. The first-order valence-corrected chi connectivity index (χ1v) is 11.1. The van der Waals surface area contributed by atoms with Crippen LogP contribution in [-0.4, -0.2) is 53.3 Å². The predicted octanol–water partition coefficient (Wildman–Crippen LogP) is 4.96. The number of benzene rings is 2. The van der Waals surface area contributed by atoms with Crippen LogP contribution in [0.5, 0.6) is 11.5 Å². The summed E-state index contributed by atoms with van der Waals surface area (Å²) in [5, 5.41) is 3.62. The number of nitrogens with one attached hydrogen (secondary N) is 1. The van der Waals surface area contributed by atoms with Gasteiger partial charge >= 0.3 is 12.1 Å². The Morgan fingerprint density at radius 2 is 1.89 bits per heavy atom. The number of halogens is 5. The molecule has 1 aromatic heterocycles. The van der Waals surface area contributed by atoms with E-state index in [9.17, 15) is 22.4 Å². The fraction of sp³-hybridized carbons (Fsp3) is 0.348. The predicted molar refractivity (Wildman–Crippen MR) is 119 cm³/mol. The summed E-state index contributed by atoms with van der Waals surface area (Å²) < 4.78 is 63.6. The average molecular weight is 511 g/mol. The third-order valence-electron chi connectivity index (χ3n) is 6.34. The molecule has 12 heteroatoms. The molecule has 7 nitrogen and oxygen atoms in total. The molecule has 1 saturated heterocycles. The molecule has 2 fully saturated rings. The van der Waals surface area contributed by atoms with Crippen LogP contribution in [0.4, 0.5) is 29.1 Å². The SMILES string of the molecule is COc1cc2ncnc(Nc3ccc(F)c(Cl)c3)c2cc1OC1[C@@H]2C[C@H]1CN(C(=O)C(F)(F)F)C2. The molecule has 2 aromatic carbocycles. The lowest BCUT2D eigenvalue weighted by Crippen LogP contribution is -2.63. The van der Waals surface area contributed by atoms with Crippen LogP contribution in [0, 0.1) is 17.7 Å². The van der Waals surface area contributed by atoms with Gasteiger partial charge in [0.05, 0.1) is 17.6 Å². The van der Waals surface area contributed by atoms with E-state index < -0.39 is 17.9 Å². The van der Waals surface area contributed by atoms with Gasteiger partial charge in [0.15, 0.2) is 11.5 Å². The van der Waals surface area contributed by atoms with Crippen LogP contribution >= 0.6 is 11.6 Å². The lowest BCUT2D eigenvalue weighted by Gasteiger charge is -2.52. The van der Waals surface area contributed by atoms with Gasteiger partial charge in [0, 0.05) is 42.1 Å². The fourth-order valence-corrected chi connectivity index (χ4v) is 4.83. The number of rotatable bonds is 5. The van der Waals surface area contributed by atoms with E-state index in [2.05, 4.69) is 15.3 Å². The highest BCUT2D eigenvalue weighted by molar-refractivity contribution is 6.31. The van der Waals surface area contributed by atoms with E-state index in [1.807, 2.05) is 0 Å². The van der Waals surface area contributed by atoms with Crippen molar-refractivity contribution >= 4 is 39.9 Å². The van der Waals surface area contributed by atoms with Gasteiger partial charge < -0.3 is 19.7 Å². The molecule has 0 radical (unpaired) electrons. The van der Waals surface area contributed by atoms with Gasteiger partial charge in [-0.15, -0.1) is 0 Å². The number of nitrogens with zero attached hydrogens (tertiary/aromatic N) is 3. The normalized spacial score (nSPS) is 21.4. The van der Waals surface area contributed by atoms with Crippen LogP contribution in [-0.2, 0) is 4.79 Å². The molecule has 1 amide bonds. The molecule has 2 heterocycles. The second kappa shape index (κ2) is 8.71. The molecule has 2 aliphatic rings. The smallest absolute Gasteiger partial charge is 0.471 e. The summed E-state index contributed by atoms with van der Waals surface area (Å²) in [6.45, 7) is -0.0344. The third kappa shape index (κ3) is 4.40. The van der Waals surface area contributed by atoms with Gasteiger partial charge in [0.1, 0.15) is 24.1 Å². The molecule has 1 aliphatic heterocycles. The Bertz CT molecular complexity index is 1290. The quantitative estimate of drug-likeness (QED) is 0.489. The van der Waals surface area contributed by atoms with E-state index in [-0.39, 0.29) is 36.1 Å². The van der Waals surface area contributed by atoms with Crippen molar-refractivity contribution in [1.29, 1.82) is 0 Å². The Labute approximate surface area is 202 Å². The first-order chi connectivity index (χ1) is 16.6. The third-order valence-corrected chi connectivity index (χ3v) is 6.63. The van der Waals surface area contributed by atoms with Crippen molar-refractivity contribution in [2.45, 2.75) is 18.7 Å². The van der Waals surface area contributed by atoms with Crippen molar-refractivity contribution in [3.8, 4) is 11.5 Å². The number of aromatic nitrogens is 2. The van der Waals surface area contributed by atoms with Gasteiger partial charge in [-0.1, -0.05) is 11.6 Å². The van der Waals surface area contributed by atoms with E-state index in [1.165, 1.54) is 31.6 Å². The number of alkyl halides is 3. The molecule has 3 atom stereocenters. The number of anilines is 2. The molecule has 1 unspecified atom stereocenters. The highest BCUT2D eigenvalue weighted by Crippen LogP contribution is 2.45. The number of hydrogen-bond acceptors (Lipinski definition) is 6. The summed E-state index contributed by atoms with van der Waals surface area (Å²) in [4.78, 5) is 21.0. The summed E-state index contributed by atoms with van der Waals surface area (Å²) in [5.41, 5.74) is 1.06. The van der Waals surface area contributed by atoms with E-state index >= 15 is 0 Å². The number of carbonyl (C=O) groups is 1. The molecule has 5 rings (SSSR count).